The topological polar surface area (TPSA) is 12.0 Å². The van der Waals surface area contributed by atoms with E-state index in [0.717, 1.165) is 11.8 Å². The van der Waals surface area contributed by atoms with Gasteiger partial charge in [0.05, 0.1) is 0 Å². The van der Waals surface area contributed by atoms with Crippen LogP contribution in [-0.2, 0) is 20.9 Å². The van der Waals surface area contributed by atoms with E-state index in [1.54, 1.807) is 27.1 Å². The molecule has 1 nitrogen and oxygen atoms in total. The van der Waals surface area contributed by atoms with Crippen LogP contribution in [0.3, 0.4) is 0 Å². The summed E-state index contributed by atoms with van der Waals surface area (Å²) in [6.45, 7) is 12.4. The molecule has 4 fully saturated rings. The molecule has 3 atom stereocenters. The minimum Gasteiger partial charge on any atom is -0.0622 e. The summed E-state index contributed by atoms with van der Waals surface area (Å²) in [6, 6.07) is 44.3. The van der Waals surface area contributed by atoms with Crippen LogP contribution in [0.15, 0.2) is 141 Å². The molecular formula is C44H52HfNSi. The molecule has 5 aliphatic rings. The number of allylic oxidation sites excluding steroid dienone is 4. The Morgan fingerprint density at radius 1 is 0.617 bits per heavy atom. The van der Waals surface area contributed by atoms with Crippen molar-refractivity contribution in [3.05, 3.63) is 141 Å². The second kappa shape index (κ2) is 13.7. The summed E-state index contributed by atoms with van der Waals surface area (Å²) in [6.07, 6.45) is 8.81. The Morgan fingerprint density at radius 2 is 1.06 bits per heavy atom. The van der Waals surface area contributed by atoms with Gasteiger partial charge in [0.15, 0.2) is 0 Å². The smallest absolute Gasteiger partial charge is 0.0184 e. The van der Waals surface area contributed by atoms with Crippen molar-refractivity contribution in [2.24, 2.45) is 23.2 Å². The van der Waals surface area contributed by atoms with Gasteiger partial charge in [-0.05, 0) is 11.1 Å². The molecule has 47 heavy (non-hydrogen) atoms. The van der Waals surface area contributed by atoms with Crippen molar-refractivity contribution >= 4 is 16.4 Å². The molecule has 4 aromatic carbocycles. The van der Waals surface area contributed by atoms with Crippen LogP contribution in [0.1, 0.15) is 73.1 Å². The summed E-state index contributed by atoms with van der Waals surface area (Å²) < 4.78 is 6.73. The van der Waals surface area contributed by atoms with Gasteiger partial charge in [-0.3, -0.25) is 0 Å². The van der Waals surface area contributed by atoms with Crippen molar-refractivity contribution in [1.29, 1.82) is 0 Å². The van der Waals surface area contributed by atoms with Gasteiger partial charge < -0.3 is 0 Å². The fourth-order valence-corrected chi connectivity index (χ4v) is 43.8. The summed E-state index contributed by atoms with van der Waals surface area (Å²) >= 11 is -2.55. The van der Waals surface area contributed by atoms with Crippen LogP contribution in [-0.4, -0.2) is 11.5 Å². The summed E-state index contributed by atoms with van der Waals surface area (Å²) in [5, 5.41) is 3.33. The molecule has 1 N–H and O–H groups in total. The van der Waals surface area contributed by atoms with E-state index in [9.17, 15) is 0 Å². The quantitative estimate of drug-likeness (QED) is 0.184. The van der Waals surface area contributed by atoms with E-state index in [1.165, 1.54) is 49.7 Å². The van der Waals surface area contributed by atoms with E-state index < -0.39 is 26.9 Å². The fraction of sp³-hybridized carbons (Fsp3) is 0.364. The van der Waals surface area contributed by atoms with Crippen LogP contribution in [0.5, 0.6) is 0 Å². The van der Waals surface area contributed by atoms with Gasteiger partial charge in [0.25, 0.3) is 0 Å². The summed E-state index contributed by atoms with van der Waals surface area (Å²) in [5.74, 6) is 1.17. The Hall–Kier alpha value is -2.59. The number of benzene rings is 4. The van der Waals surface area contributed by atoms with Gasteiger partial charge in [-0.1, -0.05) is 60.7 Å². The number of hydrogen-bond donors (Lipinski definition) is 1. The Balaban J connectivity index is 0.000000245. The molecule has 3 heteroatoms. The van der Waals surface area contributed by atoms with Crippen molar-refractivity contribution in [1.82, 2.24) is 3.30 Å². The third kappa shape index (κ3) is 6.83. The van der Waals surface area contributed by atoms with Crippen molar-refractivity contribution in [2.75, 3.05) is 0 Å². The van der Waals surface area contributed by atoms with E-state index >= 15 is 0 Å². The molecule has 0 spiro atoms. The average molecular weight is 801 g/mol. The molecule has 4 aromatic rings. The van der Waals surface area contributed by atoms with Crippen LogP contribution in [0, 0.1) is 23.2 Å². The van der Waals surface area contributed by atoms with Gasteiger partial charge in [-0.15, -0.1) is 0 Å². The molecule has 0 radical (unpaired) electrons. The van der Waals surface area contributed by atoms with Crippen LogP contribution < -0.4 is 13.7 Å². The first-order chi connectivity index (χ1) is 22.7. The number of rotatable bonds is 7. The van der Waals surface area contributed by atoms with Gasteiger partial charge in [-0.25, -0.2) is 0 Å². The normalized spacial score (nSPS) is 27.7. The van der Waals surface area contributed by atoms with Crippen LogP contribution in [0.4, 0.5) is 0 Å². The zero-order valence-corrected chi connectivity index (χ0v) is 33.8. The van der Waals surface area contributed by atoms with Crippen LogP contribution in [0.2, 0.25) is 0 Å². The molecule has 3 unspecified atom stereocenters. The third-order valence-electron chi connectivity index (χ3n) is 12.1. The molecule has 0 saturated heterocycles. The van der Waals surface area contributed by atoms with Crippen LogP contribution in [0.25, 0.3) is 11.1 Å². The maximum atomic E-state index is 4.82. The molecule has 5 aliphatic carbocycles. The van der Waals surface area contributed by atoms with Gasteiger partial charge >= 0.3 is 223 Å². The van der Waals surface area contributed by atoms with E-state index in [0.29, 0.717) is 16.9 Å². The van der Waals surface area contributed by atoms with Gasteiger partial charge in [0.2, 0.25) is 0 Å². The van der Waals surface area contributed by atoms with Gasteiger partial charge in [0, 0.05) is 0 Å². The number of nitrogens with one attached hydrogen (secondary N) is 1. The van der Waals surface area contributed by atoms with E-state index in [4.69, 9.17) is 3.30 Å². The van der Waals surface area contributed by atoms with Crippen molar-refractivity contribution in [3.8, 4) is 11.1 Å². The van der Waals surface area contributed by atoms with E-state index in [-0.39, 0.29) is 0 Å². The zero-order valence-electron chi connectivity index (χ0n) is 29.1. The molecule has 0 amide bonds. The third-order valence-corrected chi connectivity index (χ3v) is 39.8. The Kier molecular flexibility index (Phi) is 9.62. The molecule has 9 rings (SSSR count). The maximum Gasteiger partial charge on any atom is -0.0184 e. The minimum absolute atomic E-state index is 0.410. The summed E-state index contributed by atoms with van der Waals surface area (Å²) in [4.78, 5) is 0. The average Bonchev–Trinajstić information content (AvgIpc) is 3.27. The second-order valence-electron chi connectivity index (χ2n) is 15.6. The fourth-order valence-electron chi connectivity index (χ4n) is 10.3. The maximum absolute atomic E-state index is 4.82. The molecule has 0 aliphatic heterocycles. The first-order valence-electron chi connectivity index (χ1n) is 18.0. The molecule has 0 heterocycles. The molecular weight excluding hydrogens is 749 g/mol. The standard InChI is InChI=1S/C12H11Si.C12H10.C11H18N.C9H13.Hf/c1-3-7-11(8-4-1)13-12-9-5-2-6-10-12;1-3-7-11(8-4-1)12-9-5-2-6-10-12;1-10-3-8-2-9(4-10)6-11(12,5-8)7-10;1-6-5-7(2)9(4)8(6)3;/h1-10,13H;1-10H;8-9,12H,2-7H2,1H3;6H,1-4H3;/q;;-1;;+1. The molecule has 241 valence electrons. The first-order valence-corrected chi connectivity index (χ1v) is 29.5. The van der Waals surface area contributed by atoms with Crippen molar-refractivity contribution in [2.45, 2.75) is 78.7 Å². The van der Waals surface area contributed by atoms with Crippen molar-refractivity contribution in [3.63, 3.8) is 0 Å². The molecule has 0 aromatic heterocycles. The predicted octanol–water partition coefficient (Wildman–Crippen LogP) is 9.62. The monoisotopic (exact) mass is 802 g/mol. The summed E-state index contributed by atoms with van der Waals surface area (Å²) in [7, 11) is 0. The van der Waals surface area contributed by atoms with Gasteiger partial charge in [-0.2, -0.15) is 0 Å². The van der Waals surface area contributed by atoms with E-state index in [1.807, 2.05) is 15.5 Å². The Morgan fingerprint density at radius 3 is 1.47 bits per heavy atom. The summed E-state index contributed by atoms with van der Waals surface area (Å²) in [5.41, 5.74) is 8.42. The largest absolute Gasteiger partial charge is 0.0622 e. The van der Waals surface area contributed by atoms with Gasteiger partial charge in [0.1, 0.15) is 0 Å². The molecule has 4 saturated carbocycles. The predicted molar refractivity (Wildman–Crippen MR) is 200 cm³/mol. The van der Waals surface area contributed by atoms with Crippen molar-refractivity contribution < 1.29 is 20.9 Å². The Bertz CT molecular complexity index is 1640. The van der Waals surface area contributed by atoms with Crippen LogP contribution >= 0.6 is 0 Å². The Labute approximate surface area is 293 Å². The molecule has 4 bridgehead atoms. The van der Waals surface area contributed by atoms with E-state index in [2.05, 4.69) is 144 Å². The first kappa shape index (κ1) is 32.9. The second-order valence-corrected chi connectivity index (χ2v) is 34.6. The number of hydrogen-bond acceptors (Lipinski definition) is 1. The minimum atomic E-state index is -2.55. The zero-order chi connectivity index (χ0) is 32.6. The SMILES string of the molecule is CC1=C(C)C(C)[C]([Hf]([NH]C23CC4CC(CC(C)(C4)C2)C3)[SiH](c2ccccc2)c2ccccc2)=C1C.c1ccc(-c2ccccc2)cc1.